The zero-order valence-corrected chi connectivity index (χ0v) is 12.1. The molecule has 18 heavy (non-hydrogen) atoms. The van der Waals surface area contributed by atoms with Gasteiger partial charge in [0.05, 0.1) is 18.4 Å². The van der Waals surface area contributed by atoms with Gasteiger partial charge in [0.25, 0.3) is 0 Å². The summed E-state index contributed by atoms with van der Waals surface area (Å²) >= 11 is 3.30. The number of halogens is 1. The van der Waals surface area contributed by atoms with Gasteiger partial charge in [0.1, 0.15) is 12.1 Å². The molecule has 0 bridgehead atoms. The predicted molar refractivity (Wildman–Crippen MR) is 73.1 cm³/mol. The Labute approximate surface area is 115 Å². The Morgan fingerprint density at radius 2 is 2.17 bits per heavy atom. The summed E-state index contributed by atoms with van der Waals surface area (Å²) < 4.78 is 5.57. The fourth-order valence-corrected chi connectivity index (χ4v) is 1.89. The van der Waals surface area contributed by atoms with Crippen LogP contribution in [-0.2, 0) is 9.53 Å². The molecule has 0 aliphatic carbocycles. The van der Waals surface area contributed by atoms with Crippen molar-refractivity contribution in [2.45, 2.75) is 19.9 Å². The average molecular weight is 311 g/mol. The minimum Gasteiger partial charge on any atom is -0.467 e. The Balaban J connectivity index is 3.01. The molecule has 0 heterocycles. The first-order valence-corrected chi connectivity index (χ1v) is 6.33. The number of nitrogens with one attached hydrogen (secondary N) is 1. The summed E-state index contributed by atoms with van der Waals surface area (Å²) in [5, 5.41) is 12.1. The summed E-state index contributed by atoms with van der Waals surface area (Å²) in [6, 6.07) is 6.91. The van der Waals surface area contributed by atoms with Gasteiger partial charge >= 0.3 is 5.97 Å². The molecule has 1 aromatic rings. The monoisotopic (exact) mass is 310 g/mol. The lowest BCUT2D eigenvalue weighted by atomic mass is 10.0. The highest BCUT2D eigenvalue weighted by Gasteiger charge is 2.23. The van der Waals surface area contributed by atoms with E-state index in [0.29, 0.717) is 11.3 Å². The summed E-state index contributed by atoms with van der Waals surface area (Å²) in [5.74, 6) is -0.274. The molecular weight excluding hydrogens is 296 g/mol. The van der Waals surface area contributed by atoms with Crippen LogP contribution in [0.4, 0.5) is 5.69 Å². The SMILES string of the molecule is COC(=O)C(Nc1ccc(Br)cc1C#N)C(C)C. The van der Waals surface area contributed by atoms with Gasteiger partial charge in [0.15, 0.2) is 0 Å². The summed E-state index contributed by atoms with van der Waals surface area (Å²) in [4.78, 5) is 11.6. The van der Waals surface area contributed by atoms with E-state index in [-0.39, 0.29) is 11.9 Å². The number of esters is 1. The molecule has 1 N–H and O–H groups in total. The minimum atomic E-state index is -0.469. The van der Waals surface area contributed by atoms with Gasteiger partial charge in [0, 0.05) is 4.47 Å². The van der Waals surface area contributed by atoms with Gasteiger partial charge in [-0.2, -0.15) is 5.26 Å². The fourth-order valence-electron chi connectivity index (χ4n) is 1.53. The lowest BCUT2D eigenvalue weighted by Crippen LogP contribution is -2.35. The highest BCUT2D eigenvalue weighted by atomic mass is 79.9. The van der Waals surface area contributed by atoms with Crippen LogP contribution in [0.25, 0.3) is 0 Å². The van der Waals surface area contributed by atoms with Crippen LogP contribution in [0.15, 0.2) is 22.7 Å². The second kappa shape index (κ2) is 6.41. The predicted octanol–water partition coefficient (Wildman–Crippen LogP) is 2.93. The number of benzene rings is 1. The fraction of sp³-hybridized carbons (Fsp3) is 0.385. The van der Waals surface area contributed by atoms with Crippen LogP contribution in [0.2, 0.25) is 0 Å². The van der Waals surface area contributed by atoms with Gasteiger partial charge in [-0.15, -0.1) is 0 Å². The molecule has 0 aliphatic rings. The number of nitrogens with zero attached hydrogens (tertiary/aromatic N) is 1. The van der Waals surface area contributed by atoms with Crippen molar-refractivity contribution >= 4 is 27.6 Å². The largest absolute Gasteiger partial charge is 0.467 e. The molecule has 1 atom stereocenters. The quantitative estimate of drug-likeness (QED) is 0.869. The molecule has 4 nitrogen and oxygen atoms in total. The van der Waals surface area contributed by atoms with Crippen LogP contribution in [0.1, 0.15) is 19.4 Å². The molecule has 0 aliphatic heterocycles. The van der Waals surface area contributed by atoms with Crippen molar-refractivity contribution in [1.29, 1.82) is 5.26 Å². The third kappa shape index (κ3) is 3.47. The van der Waals surface area contributed by atoms with Gasteiger partial charge in [-0.3, -0.25) is 0 Å². The number of carbonyl (C=O) groups is 1. The maximum Gasteiger partial charge on any atom is 0.328 e. The van der Waals surface area contributed by atoms with Crippen molar-refractivity contribution < 1.29 is 9.53 Å². The van der Waals surface area contributed by atoms with Crippen LogP contribution in [0.5, 0.6) is 0 Å². The summed E-state index contributed by atoms with van der Waals surface area (Å²) in [6.45, 7) is 3.83. The van der Waals surface area contributed by atoms with E-state index in [0.717, 1.165) is 4.47 Å². The molecule has 96 valence electrons. The standard InChI is InChI=1S/C13H15BrN2O2/c1-8(2)12(13(17)18-3)16-11-5-4-10(14)6-9(11)7-15/h4-6,8,12,16H,1-3H3. The summed E-state index contributed by atoms with van der Waals surface area (Å²) in [6.07, 6.45) is 0. The van der Waals surface area contributed by atoms with E-state index < -0.39 is 6.04 Å². The Morgan fingerprint density at radius 3 is 2.67 bits per heavy atom. The molecule has 0 fully saturated rings. The number of hydrogen-bond acceptors (Lipinski definition) is 4. The molecule has 0 radical (unpaired) electrons. The van der Waals surface area contributed by atoms with E-state index >= 15 is 0 Å². The zero-order valence-electron chi connectivity index (χ0n) is 10.5. The highest BCUT2D eigenvalue weighted by Crippen LogP contribution is 2.22. The number of ether oxygens (including phenoxy) is 1. The maximum absolute atomic E-state index is 11.6. The van der Waals surface area contributed by atoms with E-state index in [9.17, 15) is 4.79 Å². The molecule has 0 saturated heterocycles. The van der Waals surface area contributed by atoms with E-state index in [1.165, 1.54) is 7.11 Å². The summed E-state index contributed by atoms with van der Waals surface area (Å²) in [7, 11) is 1.35. The van der Waals surface area contributed by atoms with Crippen molar-refractivity contribution in [3.05, 3.63) is 28.2 Å². The Morgan fingerprint density at radius 1 is 1.50 bits per heavy atom. The van der Waals surface area contributed by atoms with Crippen LogP contribution < -0.4 is 5.32 Å². The number of anilines is 1. The first-order chi connectivity index (χ1) is 8.49. The Bertz CT molecular complexity index is 480. The van der Waals surface area contributed by atoms with Crippen molar-refractivity contribution in [3.8, 4) is 6.07 Å². The number of hydrogen-bond donors (Lipinski definition) is 1. The molecular formula is C13H15BrN2O2. The van der Waals surface area contributed by atoms with E-state index in [1.54, 1.807) is 12.1 Å². The van der Waals surface area contributed by atoms with Crippen LogP contribution in [-0.4, -0.2) is 19.1 Å². The van der Waals surface area contributed by atoms with E-state index in [4.69, 9.17) is 10.00 Å². The zero-order chi connectivity index (χ0) is 13.7. The molecule has 0 spiro atoms. The van der Waals surface area contributed by atoms with Crippen molar-refractivity contribution in [2.24, 2.45) is 5.92 Å². The smallest absolute Gasteiger partial charge is 0.328 e. The number of nitriles is 1. The van der Waals surface area contributed by atoms with Crippen LogP contribution in [0, 0.1) is 17.2 Å². The third-order valence-electron chi connectivity index (χ3n) is 2.53. The van der Waals surface area contributed by atoms with Gasteiger partial charge in [0.2, 0.25) is 0 Å². The highest BCUT2D eigenvalue weighted by molar-refractivity contribution is 9.10. The molecule has 5 heteroatoms. The number of methoxy groups -OCH3 is 1. The lowest BCUT2D eigenvalue weighted by Gasteiger charge is -2.21. The van der Waals surface area contributed by atoms with E-state index in [2.05, 4.69) is 27.3 Å². The molecule has 1 unspecified atom stereocenters. The lowest BCUT2D eigenvalue weighted by molar-refractivity contribution is -0.142. The van der Waals surface area contributed by atoms with Gasteiger partial charge < -0.3 is 10.1 Å². The first kappa shape index (κ1) is 14.5. The molecule has 1 aromatic carbocycles. The molecule has 0 amide bonds. The van der Waals surface area contributed by atoms with Gasteiger partial charge in [-0.1, -0.05) is 29.8 Å². The normalized spacial score (nSPS) is 11.8. The van der Waals surface area contributed by atoms with Crippen molar-refractivity contribution in [1.82, 2.24) is 0 Å². The third-order valence-corrected chi connectivity index (χ3v) is 3.03. The molecule has 1 rings (SSSR count). The first-order valence-electron chi connectivity index (χ1n) is 5.53. The molecule has 0 saturated carbocycles. The number of rotatable bonds is 4. The van der Waals surface area contributed by atoms with Crippen molar-refractivity contribution in [3.63, 3.8) is 0 Å². The summed E-state index contributed by atoms with van der Waals surface area (Å²) in [5.41, 5.74) is 1.11. The maximum atomic E-state index is 11.6. The second-order valence-electron chi connectivity index (χ2n) is 4.19. The van der Waals surface area contributed by atoms with Crippen molar-refractivity contribution in [2.75, 3.05) is 12.4 Å². The van der Waals surface area contributed by atoms with Gasteiger partial charge in [-0.25, -0.2) is 4.79 Å². The topological polar surface area (TPSA) is 62.1 Å². The van der Waals surface area contributed by atoms with Crippen LogP contribution in [0.3, 0.4) is 0 Å². The van der Waals surface area contributed by atoms with Gasteiger partial charge in [-0.05, 0) is 24.1 Å². The minimum absolute atomic E-state index is 0.0626. The average Bonchev–Trinajstić information content (AvgIpc) is 2.35. The second-order valence-corrected chi connectivity index (χ2v) is 5.11. The Hall–Kier alpha value is -1.54. The Kier molecular flexibility index (Phi) is 5.17. The number of carbonyl (C=O) groups excluding carboxylic acids is 1. The molecule has 0 aromatic heterocycles. The van der Waals surface area contributed by atoms with E-state index in [1.807, 2.05) is 19.9 Å². The van der Waals surface area contributed by atoms with Crippen LogP contribution >= 0.6 is 15.9 Å².